The molecule has 1 aromatic heterocycles. The number of H-pyrrole nitrogens is 1. The number of rotatable bonds is 6. The fourth-order valence-electron chi connectivity index (χ4n) is 7.62. The maximum atomic E-state index is 11.9. The van der Waals surface area contributed by atoms with E-state index in [1.165, 1.54) is 83.5 Å². The van der Waals surface area contributed by atoms with E-state index >= 15 is 0 Å². The van der Waals surface area contributed by atoms with Crippen LogP contribution < -0.4 is 5.73 Å². The molecule has 1 amide bonds. The predicted octanol–water partition coefficient (Wildman–Crippen LogP) is 5.10. The molecule has 148 valence electrons. The first-order valence-corrected chi connectivity index (χ1v) is 11.5. The predicted molar refractivity (Wildman–Crippen MR) is 106 cm³/mol. The number of carbonyl (C=O) groups is 1. The van der Waals surface area contributed by atoms with Crippen molar-refractivity contribution in [3.8, 4) is 0 Å². The second kappa shape index (κ2) is 6.93. The molecule has 5 aliphatic carbocycles. The fraction of sp³-hybridized carbons (Fsp3) is 0.826. The Morgan fingerprint density at radius 2 is 1.67 bits per heavy atom. The van der Waals surface area contributed by atoms with Gasteiger partial charge in [-0.25, -0.2) is 4.98 Å². The van der Waals surface area contributed by atoms with E-state index < -0.39 is 0 Å². The SMILES string of the molecule is NC(=O)c1nc(C2CCCCC2)[nH]c1CCCC12CC3CC(CC(C3)C1)C2. The zero-order valence-corrected chi connectivity index (χ0v) is 16.6. The van der Waals surface area contributed by atoms with Crippen molar-refractivity contribution in [2.75, 3.05) is 0 Å². The van der Waals surface area contributed by atoms with E-state index in [0.29, 0.717) is 17.0 Å². The number of nitrogens with one attached hydrogen (secondary N) is 1. The molecule has 4 nitrogen and oxygen atoms in total. The Hall–Kier alpha value is -1.32. The van der Waals surface area contributed by atoms with E-state index in [2.05, 4.69) is 9.97 Å². The van der Waals surface area contributed by atoms with Gasteiger partial charge in [0.15, 0.2) is 0 Å². The van der Waals surface area contributed by atoms with Crippen LogP contribution >= 0.6 is 0 Å². The Balaban J connectivity index is 1.25. The number of aromatic amines is 1. The zero-order valence-electron chi connectivity index (χ0n) is 16.6. The van der Waals surface area contributed by atoms with Crippen molar-refractivity contribution >= 4 is 5.91 Å². The third-order valence-electron chi connectivity index (χ3n) is 8.32. The molecule has 1 aromatic rings. The molecule has 3 N–H and O–H groups in total. The number of aromatic nitrogens is 2. The van der Waals surface area contributed by atoms with Gasteiger partial charge >= 0.3 is 0 Å². The minimum atomic E-state index is -0.363. The van der Waals surface area contributed by atoms with E-state index in [-0.39, 0.29) is 5.91 Å². The summed E-state index contributed by atoms with van der Waals surface area (Å²) < 4.78 is 0. The molecule has 27 heavy (non-hydrogen) atoms. The average Bonchev–Trinajstić information content (AvgIpc) is 3.06. The largest absolute Gasteiger partial charge is 0.364 e. The topological polar surface area (TPSA) is 71.8 Å². The van der Waals surface area contributed by atoms with Gasteiger partial charge in [-0.05, 0) is 93.8 Å². The van der Waals surface area contributed by atoms with E-state index in [9.17, 15) is 4.79 Å². The highest BCUT2D eigenvalue weighted by Gasteiger charge is 2.50. The number of nitrogens with two attached hydrogens (primary N) is 1. The molecular formula is C23H35N3O. The van der Waals surface area contributed by atoms with Crippen molar-refractivity contribution < 1.29 is 4.79 Å². The minimum absolute atomic E-state index is 0.363. The highest BCUT2D eigenvalue weighted by Crippen LogP contribution is 2.61. The van der Waals surface area contributed by atoms with E-state index in [1.807, 2.05) is 0 Å². The van der Waals surface area contributed by atoms with Gasteiger partial charge in [-0.15, -0.1) is 0 Å². The molecule has 0 saturated heterocycles. The van der Waals surface area contributed by atoms with Crippen molar-refractivity contribution in [3.05, 3.63) is 17.2 Å². The van der Waals surface area contributed by atoms with Gasteiger partial charge in [-0.1, -0.05) is 19.3 Å². The number of amides is 1. The van der Waals surface area contributed by atoms with Gasteiger partial charge < -0.3 is 10.7 Å². The van der Waals surface area contributed by atoms with Crippen LogP contribution in [-0.4, -0.2) is 15.9 Å². The summed E-state index contributed by atoms with van der Waals surface area (Å²) in [6, 6.07) is 0. The maximum Gasteiger partial charge on any atom is 0.269 e. The zero-order chi connectivity index (χ0) is 18.4. The molecule has 4 bridgehead atoms. The van der Waals surface area contributed by atoms with Crippen molar-refractivity contribution in [1.82, 2.24) is 9.97 Å². The van der Waals surface area contributed by atoms with Crippen LogP contribution in [0.3, 0.4) is 0 Å². The normalized spacial score (nSPS) is 35.6. The molecule has 0 aliphatic heterocycles. The number of hydrogen-bond donors (Lipinski definition) is 2. The van der Waals surface area contributed by atoms with E-state index in [0.717, 1.165) is 35.7 Å². The van der Waals surface area contributed by atoms with Crippen molar-refractivity contribution in [2.24, 2.45) is 28.9 Å². The lowest BCUT2D eigenvalue weighted by atomic mass is 9.48. The summed E-state index contributed by atoms with van der Waals surface area (Å²) in [6.07, 6.45) is 18.6. The number of imidazole rings is 1. The molecule has 5 fully saturated rings. The van der Waals surface area contributed by atoms with Crippen LogP contribution in [-0.2, 0) is 6.42 Å². The maximum absolute atomic E-state index is 11.9. The molecule has 0 spiro atoms. The van der Waals surface area contributed by atoms with Gasteiger partial charge in [-0.3, -0.25) is 4.79 Å². The van der Waals surface area contributed by atoms with E-state index in [1.54, 1.807) is 0 Å². The Labute approximate surface area is 163 Å². The molecule has 0 aromatic carbocycles. The van der Waals surface area contributed by atoms with Gasteiger partial charge in [0.1, 0.15) is 11.5 Å². The molecule has 0 radical (unpaired) electrons. The lowest BCUT2D eigenvalue weighted by Gasteiger charge is -2.57. The highest BCUT2D eigenvalue weighted by molar-refractivity contribution is 5.92. The fourth-order valence-corrected chi connectivity index (χ4v) is 7.62. The van der Waals surface area contributed by atoms with Crippen LogP contribution in [0.15, 0.2) is 0 Å². The summed E-state index contributed by atoms with van der Waals surface area (Å²) in [5, 5.41) is 0. The third kappa shape index (κ3) is 3.45. The summed E-state index contributed by atoms with van der Waals surface area (Å²) in [7, 11) is 0. The number of nitrogens with zero attached hydrogens (tertiary/aromatic N) is 1. The molecule has 5 saturated carbocycles. The number of aryl methyl sites for hydroxylation is 1. The average molecular weight is 370 g/mol. The molecule has 0 unspecified atom stereocenters. The van der Waals surface area contributed by atoms with Gasteiger partial charge in [0.2, 0.25) is 0 Å². The van der Waals surface area contributed by atoms with Gasteiger partial charge in [0, 0.05) is 11.6 Å². The molecule has 6 rings (SSSR count). The second-order valence-electron chi connectivity index (χ2n) is 10.4. The summed E-state index contributed by atoms with van der Waals surface area (Å²) in [6.45, 7) is 0. The van der Waals surface area contributed by atoms with Crippen LogP contribution in [0.5, 0.6) is 0 Å². The van der Waals surface area contributed by atoms with Crippen LogP contribution in [0.4, 0.5) is 0 Å². The third-order valence-corrected chi connectivity index (χ3v) is 8.32. The molecule has 5 aliphatic rings. The lowest BCUT2D eigenvalue weighted by molar-refractivity contribution is -0.0580. The van der Waals surface area contributed by atoms with Crippen molar-refractivity contribution in [3.63, 3.8) is 0 Å². The van der Waals surface area contributed by atoms with Crippen molar-refractivity contribution in [1.29, 1.82) is 0 Å². The summed E-state index contributed by atoms with van der Waals surface area (Å²) >= 11 is 0. The number of hydrogen-bond acceptors (Lipinski definition) is 2. The standard InChI is InChI=1S/C23H35N3O/c24-21(27)20-19(25-22(26-20)18-5-2-1-3-6-18)7-4-8-23-12-15-9-16(13-23)11-17(10-15)14-23/h15-18H,1-14H2,(H2,24,27)(H,25,26). The molecule has 4 heteroatoms. The molecule has 0 atom stereocenters. The van der Waals surface area contributed by atoms with Crippen LogP contribution in [0.1, 0.15) is 111 Å². The Kier molecular flexibility index (Phi) is 4.56. The summed E-state index contributed by atoms with van der Waals surface area (Å²) in [5.74, 6) is 4.20. The first kappa shape index (κ1) is 17.8. The Morgan fingerprint density at radius 3 is 2.26 bits per heavy atom. The van der Waals surface area contributed by atoms with Gasteiger partial charge in [0.25, 0.3) is 5.91 Å². The van der Waals surface area contributed by atoms with Crippen molar-refractivity contribution in [2.45, 2.75) is 95.8 Å². The van der Waals surface area contributed by atoms with Crippen LogP contribution in [0, 0.1) is 23.2 Å². The van der Waals surface area contributed by atoms with Crippen LogP contribution in [0.2, 0.25) is 0 Å². The Morgan fingerprint density at radius 1 is 1.04 bits per heavy atom. The summed E-state index contributed by atoms with van der Waals surface area (Å²) in [5.41, 5.74) is 7.80. The summed E-state index contributed by atoms with van der Waals surface area (Å²) in [4.78, 5) is 20.1. The number of carbonyl (C=O) groups excluding carboxylic acids is 1. The van der Waals surface area contributed by atoms with Gasteiger partial charge in [-0.2, -0.15) is 0 Å². The van der Waals surface area contributed by atoms with Gasteiger partial charge in [0.05, 0.1) is 0 Å². The molecular weight excluding hydrogens is 334 g/mol. The quantitative estimate of drug-likeness (QED) is 0.732. The minimum Gasteiger partial charge on any atom is -0.364 e. The first-order chi connectivity index (χ1) is 13.1. The lowest BCUT2D eigenvalue weighted by Crippen LogP contribution is -2.45. The van der Waals surface area contributed by atoms with E-state index in [4.69, 9.17) is 5.73 Å². The highest BCUT2D eigenvalue weighted by atomic mass is 16.1. The Bertz CT molecular complexity index is 665. The van der Waals surface area contributed by atoms with Crippen LogP contribution in [0.25, 0.3) is 0 Å². The number of primary amides is 1. The first-order valence-electron chi connectivity index (χ1n) is 11.5. The monoisotopic (exact) mass is 369 g/mol. The molecule has 1 heterocycles. The smallest absolute Gasteiger partial charge is 0.269 e. The second-order valence-corrected chi connectivity index (χ2v) is 10.4.